The van der Waals surface area contributed by atoms with E-state index in [2.05, 4.69) is 25.5 Å². The Labute approximate surface area is 230 Å². The van der Waals surface area contributed by atoms with Crippen LogP contribution in [0.25, 0.3) is 0 Å². The van der Waals surface area contributed by atoms with Gasteiger partial charge in [-0.15, -0.1) is 11.3 Å². The molecule has 0 spiro atoms. The van der Waals surface area contributed by atoms with Gasteiger partial charge in [0.15, 0.2) is 0 Å². The van der Waals surface area contributed by atoms with E-state index in [0.29, 0.717) is 36.5 Å². The summed E-state index contributed by atoms with van der Waals surface area (Å²) in [5, 5.41) is 6.44. The van der Waals surface area contributed by atoms with Crippen LogP contribution in [0.5, 0.6) is 0 Å². The monoisotopic (exact) mass is 590 g/mol. The molecule has 2 fully saturated rings. The molecule has 0 bridgehead atoms. The molecule has 2 saturated heterocycles. The highest BCUT2D eigenvalue weighted by Crippen LogP contribution is 2.37. The molecule has 0 radical (unpaired) electrons. The Morgan fingerprint density at radius 1 is 1.26 bits per heavy atom. The average molecular weight is 591 g/mol. The van der Waals surface area contributed by atoms with Crippen molar-refractivity contribution in [2.45, 2.75) is 25.1 Å². The summed E-state index contributed by atoms with van der Waals surface area (Å²) in [6.45, 7) is 3.49. The number of benzene rings is 1. The van der Waals surface area contributed by atoms with Crippen LogP contribution in [-0.4, -0.2) is 78.9 Å². The molecule has 3 aliphatic heterocycles. The Morgan fingerprint density at radius 2 is 2.03 bits per heavy atom. The molecule has 2 aromatic rings. The summed E-state index contributed by atoms with van der Waals surface area (Å²) < 4.78 is 50.5. The van der Waals surface area contributed by atoms with E-state index in [0.717, 1.165) is 48.1 Å². The Balaban J connectivity index is 1.17. The number of aliphatic imine (C=N–C) groups is 1. The maximum Gasteiger partial charge on any atom is 0.417 e. The molecule has 2 unspecified atom stereocenters. The number of carbonyl (C=O) groups excluding carboxylic acids is 1. The van der Waals surface area contributed by atoms with Crippen molar-refractivity contribution in [2.24, 2.45) is 4.99 Å². The van der Waals surface area contributed by atoms with Crippen molar-refractivity contribution in [3.63, 3.8) is 0 Å². The molecule has 15 heteroatoms. The van der Waals surface area contributed by atoms with E-state index >= 15 is 0 Å². The third-order valence-electron chi connectivity index (χ3n) is 6.10. The number of epoxide rings is 1. The van der Waals surface area contributed by atoms with Gasteiger partial charge in [-0.2, -0.15) is 13.2 Å². The number of hydrogen-bond donors (Lipinski definition) is 2. The molecule has 0 saturated carbocycles. The fourth-order valence-electron chi connectivity index (χ4n) is 4.13. The molecule has 4 heterocycles. The standard InChI is InChI=1S/C23H23Cl2F3N6O3S/c1-33-11-31-20(34-4-6-36-7-5-34)17(25)18(33)19-22(37-19)30-10-16-29-9-15(38-16)21(35)32-12-2-3-14(24)13(8-12)23(26,27)28/h2-3,8-9,19,22,30H,4-7,10-11H2,1H3,(H,32,35). The Bertz CT molecular complexity index is 1280. The summed E-state index contributed by atoms with van der Waals surface area (Å²) in [4.78, 5) is 25.7. The number of rotatable bonds is 6. The van der Waals surface area contributed by atoms with Crippen LogP contribution < -0.4 is 10.6 Å². The SMILES string of the molecule is CN1CN=C(N2CCOCC2)C(Cl)=C1C1OC1NCc1ncc(C(=O)Nc2ccc(Cl)c(C(F)(F)F)c2)s1. The van der Waals surface area contributed by atoms with Gasteiger partial charge in [0.1, 0.15) is 39.8 Å². The smallest absolute Gasteiger partial charge is 0.378 e. The first-order valence-corrected chi connectivity index (χ1v) is 13.2. The Morgan fingerprint density at radius 3 is 2.76 bits per heavy atom. The molecule has 38 heavy (non-hydrogen) atoms. The van der Waals surface area contributed by atoms with Crippen molar-refractivity contribution >= 4 is 52.0 Å². The van der Waals surface area contributed by atoms with Gasteiger partial charge in [-0.3, -0.25) is 10.1 Å². The predicted molar refractivity (Wildman–Crippen MR) is 137 cm³/mol. The highest BCUT2D eigenvalue weighted by molar-refractivity contribution is 7.13. The van der Waals surface area contributed by atoms with Crippen molar-refractivity contribution in [1.82, 2.24) is 20.1 Å². The van der Waals surface area contributed by atoms with Crippen LogP contribution >= 0.6 is 34.5 Å². The minimum absolute atomic E-state index is 0.0178. The lowest BCUT2D eigenvalue weighted by molar-refractivity contribution is -0.137. The lowest BCUT2D eigenvalue weighted by atomic mass is 10.2. The summed E-state index contributed by atoms with van der Waals surface area (Å²) in [5.41, 5.74) is -0.191. The second-order valence-corrected chi connectivity index (χ2v) is 10.6. The third kappa shape index (κ3) is 5.92. The molecule has 204 valence electrons. The number of nitrogens with one attached hydrogen (secondary N) is 2. The van der Waals surface area contributed by atoms with E-state index in [4.69, 9.17) is 32.7 Å². The van der Waals surface area contributed by atoms with Gasteiger partial charge in [0.25, 0.3) is 5.91 Å². The number of morpholine rings is 1. The maximum absolute atomic E-state index is 13.1. The van der Waals surface area contributed by atoms with Gasteiger partial charge in [0.2, 0.25) is 0 Å². The summed E-state index contributed by atoms with van der Waals surface area (Å²) in [5.74, 6) is 0.177. The predicted octanol–water partition coefficient (Wildman–Crippen LogP) is 3.97. The van der Waals surface area contributed by atoms with Crippen LogP contribution in [0.1, 0.15) is 20.2 Å². The number of carbonyl (C=O) groups is 1. The molecule has 2 atom stereocenters. The first kappa shape index (κ1) is 27.2. The zero-order chi connectivity index (χ0) is 27.0. The van der Waals surface area contributed by atoms with Crippen molar-refractivity contribution in [3.8, 4) is 0 Å². The second-order valence-electron chi connectivity index (χ2n) is 8.74. The van der Waals surface area contributed by atoms with E-state index in [9.17, 15) is 18.0 Å². The topological polar surface area (TPSA) is 94.6 Å². The quantitative estimate of drug-likeness (QED) is 0.492. The number of alkyl halides is 3. The number of thiazole rings is 1. The molecule has 1 amide bonds. The summed E-state index contributed by atoms with van der Waals surface area (Å²) >= 11 is 13.5. The molecule has 0 aliphatic carbocycles. The Hall–Kier alpha value is -2.42. The van der Waals surface area contributed by atoms with Crippen molar-refractivity contribution < 1.29 is 27.4 Å². The van der Waals surface area contributed by atoms with E-state index in [-0.39, 0.29) is 22.9 Å². The number of aromatic nitrogens is 1. The van der Waals surface area contributed by atoms with Gasteiger partial charge in [0, 0.05) is 25.8 Å². The van der Waals surface area contributed by atoms with Crippen LogP contribution in [0, 0.1) is 0 Å². The fourth-order valence-corrected chi connectivity index (χ4v) is 5.55. The first-order chi connectivity index (χ1) is 18.1. The van der Waals surface area contributed by atoms with Crippen LogP contribution in [-0.2, 0) is 22.2 Å². The van der Waals surface area contributed by atoms with E-state index in [1.165, 1.54) is 12.3 Å². The molecule has 1 aromatic heterocycles. The number of amides is 1. The highest BCUT2D eigenvalue weighted by Gasteiger charge is 2.46. The van der Waals surface area contributed by atoms with Crippen LogP contribution in [0.15, 0.2) is 40.1 Å². The molecule has 3 aliphatic rings. The Kier molecular flexibility index (Phi) is 7.85. The lowest BCUT2D eigenvalue weighted by Crippen LogP contribution is -2.44. The van der Waals surface area contributed by atoms with E-state index < -0.39 is 22.7 Å². The lowest BCUT2D eigenvalue weighted by Gasteiger charge is -2.34. The summed E-state index contributed by atoms with van der Waals surface area (Å²) in [6.07, 6.45) is -3.80. The molecule has 5 rings (SSSR count). The number of hydrogen-bond acceptors (Lipinski definition) is 9. The minimum atomic E-state index is -4.63. The van der Waals surface area contributed by atoms with Gasteiger partial charge in [0.05, 0.1) is 42.2 Å². The first-order valence-electron chi connectivity index (χ1n) is 11.6. The minimum Gasteiger partial charge on any atom is -0.378 e. The van der Waals surface area contributed by atoms with Crippen molar-refractivity contribution in [3.05, 3.63) is 55.6 Å². The van der Waals surface area contributed by atoms with Crippen molar-refractivity contribution in [1.29, 1.82) is 0 Å². The molecule has 2 N–H and O–H groups in total. The number of likely N-dealkylation sites (N-methyl/N-ethyl adjacent to an activating group) is 1. The molecule has 9 nitrogen and oxygen atoms in total. The molecular formula is C23H23Cl2F3N6O3S. The normalized spacial score (nSPS) is 22.0. The van der Waals surface area contributed by atoms with Crippen molar-refractivity contribution in [2.75, 3.05) is 45.3 Å². The van der Waals surface area contributed by atoms with E-state index in [1.807, 2.05) is 11.9 Å². The van der Waals surface area contributed by atoms with Crippen LogP contribution in [0.2, 0.25) is 5.02 Å². The summed E-state index contributed by atoms with van der Waals surface area (Å²) in [7, 11) is 1.90. The largest absolute Gasteiger partial charge is 0.417 e. The van der Waals surface area contributed by atoms with Gasteiger partial charge in [-0.05, 0) is 18.2 Å². The van der Waals surface area contributed by atoms with Crippen LogP contribution in [0.4, 0.5) is 18.9 Å². The molecule has 1 aromatic carbocycles. The van der Waals surface area contributed by atoms with Gasteiger partial charge < -0.3 is 24.6 Å². The van der Waals surface area contributed by atoms with E-state index in [1.54, 1.807) is 0 Å². The second kappa shape index (κ2) is 11.0. The third-order valence-corrected chi connectivity index (χ3v) is 7.79. The van der Waals surface area contributed by atoms with Gasteiger partial charge in [-0.25, -0.2) is 9.98 Å². The number of nitrogens with zero attached hydrogens (tertiary/aromatic N) is 4. The maximum atomic E-state index is 13.1. The molecular weight excluding hydrogens is 568 g/mol. The van der Waals surface area contributed by atoms with Crippen LogP contribution in [0.3, 0.4) is 0 Å². The fraction of sp³-hybridized carbons (Fsp3) is 0.435. The zero-order valence-electron chi connectivity index (χ0n) is 20.0. The van der Waals surface area contributed by atoms with Gasteiger partial charge >= 0.3 is 6.18 Å². The summed E-state index contributed by atoms with van der Waals surface area (Å²) in [6, 6.07) is 3.20. The average Bonchev–Trinajstić information content (AvgIpc) is 3.47. The van der Waals surface area contributed by atoms with Gasteiger partial charge in [-0.1, -0.05) is 23.2 Å². The zero-order valence-corrected chi connectivity index (χ0v) is 22.3. The number of halogens is 5. The number of ether oxygens (including phenoxy) is 2. The highest BCUT2D eigenvalue weighted by atomic mass is 35.5. The number of anilines is 1. The number of amidine groups is 1.